The summed E-state index contributed by atoms with van der Waals surface area (Å²) in [6, 6.07) is 5.33. The van der Waals surface area contributed by atoms with Gasteiger partial charge in [-0.2, -0.15) is 0 Å². The molecule has 0 spiro atoms. The molecular formula is C15H21N3O2S. The minimum absolute atomic E-state index is 0.112. The highest BCUT2D eigenvalue weighted by Crippen LogP contribution is 2.32. The fourth-order valence-electron chi connectivity index (χ4n) is 2.43. The summed E-state index contributed by atoms with van der Waals surface area (Å²) in [7, 11) is 2.08. The first-order chi connectivity index (χ1) is 9.93. The van der Waals surface area contributed by atoms with E-state index in [1.807, 2.05) is 6.92 Å². The van der Waals surface area contributed by atoms with Gasteiger partial charge in [-0.1, -0.05) is 32.0 Å². The molecular weight excluding hydrogens is 286 g/mol. The van der Waals surface area contributed by atoms with Crippen molar-refractivity contribution >= 4 is 28.3 Å². The summed E-state index contributed by atoms with van der Waals surface area (Å²) >= 11 is 1.76. The number of non-ortho nitro benzene ring substituents is 1. The Balaban J connectivity index is 2.23. The normalized spacial score (nSPS) is 21.8. The van der Waals surface area contributed by atoms with E-state index in [-0.39, 0.29) is 10.6 Å². The van der Waals surface area contributed by atoms with Crippen molar-refractivity contribution in [3.63, 3.8) is 0 Å². The maximum atomic E-state index is 10.8. The van der Waals surface area contributed by atoms with E-state index in [1.54, 1.807) is 23.9 Å². The molecule has 2 atom stereocenters. The van der Waals surface area contributed by atoms with Crippen LogP contribution in [0.4, 0.5) is 11.4 Å². The lowest BCUT2D eigenvalue weighted by Crippen LogP contribution is -2.34. The summed E-state index contributed by atoms with van der Waals surface area (Å²) in [5.74, 6) is 1.68. The number of nitrogens with zero attached hydrogens (tertiary/aromatic N) is 3. The molecule has 1 heterocycles. The van der Waals surface area contributed by atoms with Crippen LogP contribution in [0.5, 0.6) is 0 Å². The number of rotatable bonds is 4. The van der Waals surface area contributed by atoms with Gasteiger partial charge in [0.25, 0.3) is 5.69 Å². The van der Waals surface area contributed by atoms with Crippen LogP contribution in [0.25, 0.3) is 0 Å². The van der Waals surface area contributed by atoms with Gasteiger partial charge >= 0.3 is 0 Å². The molecule has 0 saturated carbocycles. The minimum atomic E-state index is -0.376. The van der Waals surface area contributed by atoms with Crippen LogP contribution >= 0.6 is 11.8 Å². The van der Waals surface area contributed by atoms with Crippen molar-refractivity contribution in [2.24, 2.45) is 10.9 Å². The molecule has 0 bridgehead atoms. The lowest BCUT2D eigenvalue weighted by Gasteiger charge is -2.25. The van der Waals surface area contributed by atoms with E-state index >= 15 is 0 Å². The smallest absolute Gasteiger partial charge is 0.269 e. The number of thioether (sulfide) groups is 1. The van der Waals surface area contributed by atoms with Gasteiger partial charge in [0.2, 0.25) is 0 Å². The number of amidine groups is 1. The highest BCUT2D eigenvalue weighted by Gasteiger charge is 2.30. The van der Waals surface area contributed by atoms with E-state index in [2.05, 4.69) is 30.8 Å². The molecule has 1 aromatic rings. The number of aliphatic imine (C=N–C) groups is 1. The van der Waals surface area contributed by atoms with Crippen LogP contribution in [0.2, 0.25) is 0 Å². The van der Waals surface area contributed by atoms with Gasteiger partial charge < -0.3 is 4.90 Å². The van der Waals surface area contributed by atoms with E-state index in [4.69, 9.17) is 0 Å². The molecule has 6 heteroatoms. The zero-order valence-electron chi connectivity index (χ0n) is 12.9. The lowest BCUT2D eigenvalue weighted by atomic mass is 10.0. The van der Waals surface area contributed by atoms with Gasteiger partial charge in [-0.3, -0.25) is 10.1 Å². The minimum Gasteiger partial charge on any atom is -0.350 e. The second kappa shape index (κ2) is 6.47. The summed E-state index contributed by atoms with van der Waals surface area (Å²) in [4.78, 5) is 17.3. The summed E-state index contributed by atoms with van der Waals surface area (Å²) in [6.07, 6.45) is 1.15. The van der Waals surface area contributed by atoms with Gasteiger partial charge in [-0.15, -0.1) is 0 Å². The van der Waals surface area contributed by atoms with Crippen LogP contribution in [0, 0.1) is 23.0 Å². The second-order valence-electron chi connectivity index (χ2n) is 5.50. The van der Waals surface area contributed by atoms with Crippen LogP contribution in [-0.2, 0) is 0 Å². The molecule has 0 aliphatic carbocycles. The van der Waals surface area contributed by atoms with Gasteiger partial charge in [0, 0.05) is 31.0 Å². The van der Waals surface area contributed by atoms with Crippen molar-refractivity contribution in [2.45, 2.75) is 33.2 Å². The molecule has 1 aliphatic rings. The molecule has 5 nitrogen and oxygen atoms in total. The molecule has 0 radical (unpaired) electrons. The third-order valence-corrected chi connectivity index (χ3v) is 5.24. The van der Waals surface area contributed by atoms with Crippen molar-refractivity contribution < 1.29 is 4.92 Å². The second-order valence-corrected chi connectivity index (χ2v) is 6.48. The average molecular weight is 307 g/mol. The van der Waals surface area contributed by atoms with Crippen LogP contribution in [-0.4, -0.2) is 33.8 Å². The van der Waals surface area contributed by atoms with E-state index in [0.29, 0.717) is 12.0 Å². The van der Waals surface area contributed by atoms with Crippen LogP contribution < -0.4 is 0 Å². The number of aryl methyl sites for hydroxylation is 1. The summed E-state index contributed by atoms with van der Waals surface area (Å²) in [6.45, 7) is 6.33. The topological polar surface area (TPSA) is 58.7 Å². The zero-order chi connectivity index (χ0) is 15.6. The molecule has 2 unspecified atom stereocenters. The number of benzene rings is 1. The monoisotopic (exact) mass is 307 g/mol. The number of nitro benzene ring substituents is 1. The van der Waals surface area contributed by atoms with Crippen molar-refractivity contribution in [2.75, 3.05) is 12.8 Å². The van der Waals surface area contributed by atoms with Crippen LogP contribution in [0.1, 0.15) is 25.8 Å². The summed E-state index contributed by atoms with van der Waals surface area (Å²) in [5.41, 5.74) is 1.75. The van der Waals surface area contributed by atoms with E-state index in [0.717, 1.165) is 28.6 Å². The Labute approximate surface area is 129 Å². The first-order valence-corrected chi connectivity index (χ1v) is 8.12. The Morgan fingerprint density at radius 2 is 2.29 bits per heavy atom. The van der Waals surface area contributed by atoms with E-state index in [9.17, 15) is 10.1 Å². The lowest BCUT2D eigenvalue weighted by molar-refractivity contribution is -0.384. The van der Waals surface area contributed by atoms with Crippen molar-refractivity contribution in [3.8, 4) is 0 Å². The SMILES string of the molecule is CCC(C)C1CSC(=Nc2ccc([N+](=O)[O-])cc2C)N1C. The summed E-state index contributed by atoms with van der Waals surface area (Å²) < 4.78 is 0. The summed E-state index contributed by atoms with van der Waals surface area (Å²) in [5, 5.41) is 11.8. The zero-order valence-corrected chi connectivity index (χ0v) is 13.7. The highest BCUT2D eigenvalue weighted by molar-refractivity contribution is 8.14. The Morgan fingerprint density at radius 3 is 2.86 bits per heavy atom. The molecule has 1 fully saturated rings. The molecule has 0 N–H and O–H groups in total. The van der Waals surface area contributed by atoms with E-state index in [1.165, 1.54) is 6.07 Å². The Bertz CT molecular complexity index is 574. The third-order valence-electron chi connectivity index (χ3n) is 4.09. The van der Waals surface area contributed by atoms with Gasteiger partial charge in [0.05, 0.1) is 10.6 Å². The van der Waals surface area contributed by atoms with Crippen molar-refractivity contribution in [1.29, 1.82) is 0 Å². The Kier molecular flexibility index (Phi) is 4.88. The van der Waals surface area contributed by atoms with Crippen molar-refractivity contribution in [1.82, 2.24) is 4.90 Å². The molecule has 1 aromatic carbocycles. The predicted octanol–water partition coefficient (Wildman–Crippen LogP) is 3.98. The number of nitro groups is 1. The van der Waals surface area contributed by atoms with Gasteiger partial charge in [-0.25, -0.2) is 4.99 Å². The van der Waals surface area contributed by atoms with Gasteiger partial charge in [0.15, 0.2) is 5.17 Å². The Hall–Kier alpha value is -1.56. The average Bonchev–Trinajstić information content (AvgIpc) is 2.81. The number of hydrogen-bond acceptors (Lipinski definition) is 4. The maximum absolute atomic E-state index is 10.8. The fraction of sp³-hybridized carbons (Fsp3) is 0.533. The molecule has 1 aliphatic heterocycles. The first kappa shape index (κ1) is 15.8. The van der Waals surface area contributed by atoms with Gasteiger partial charge in [0.1, 0.15) is 0 Å². The molecule has 0 amide bonds. The standard InChI is InChI=1S/C15H21N3O2S/c1-5-10(2)14-9-21-15(17(14)4)16-13-7-6-12(18(19)20)8-11(13)3/h6-8,10,14H,5,9H2,1-4H3. The molecule has 0 aromatic heterocycles. The van der Waals surface area contributed by atoms with Crippen molar-refractivity contribution in [3.05, 3.63) is 33.9 Å². The van der Waals surface area contributed by atoms with Crippen LogP contribution in [0.3, 0.4) is 0 Å². The third kappa shape index (κ3) is 3.37. The first-order valence-electron chi connectivity index (χ1n) is 7.13. The molecule has 1 saturated heterocycles. The largest absolute Gasteiger partial charge is 0.350 e. The fourth-order valence-corrected chi connectivity index (χ4v) is 3.80. The van der Waals surface area contributed by atoms with E-state index < -0.39 is 0 Å². The highest BCUT2D eigenvalue weighted by atomic mass is 32.2. The van der Waals surface area contributed by atoms with Crippen LogP contribution in [0.15, 0.2) is 23.2 Å². The van der Waals surface area contributed by atoms with Gasteiger partial charge in [-0.05, 0) is 24.5 Å². The number of hydrogen-bond donors (Lipinski definition) is 0. The predicted molar refractivity (Wildman–Crippen MR) is 88.4 cm³/mol. The molecule has 21 heavy (non-hydrogen) atoms. The molecule has 114 valence electrons. The maximum Gasteiger partial charge on any atom is 0.269 e. The Morgan fingerprint density at radius 1 is 1.57 bits per heavy atom. The quantitative estimate of drug-likeness (QED) is 0.623. The molecule has 2 rings (SSSR count).